The van der Waals surface area contributed by atoms with Gasteiger partial charge < -0.3 is 4.74 Å². The van der Waals surface area contributed by atoms with Crippen LogP contribution in [0.2, 0.25) is 0 Å². The van der Waals surface area contributed by atoms with E-state index in [0.717, 1.165) is 12.5 Å². The predicted octanol–water partition coefficient (Wildman–Crippen LogP) is 4.33. The molecule has 0 aromatic rings. The Morgan fingerprint density at radius 3 is 2.27 bits per heavy atom. The lowest BCUT2D eigenvalue weighted by Crippen LogP contribution is -2.14. The lowest BCUT2D eigenvalue weighted by atomic mass is 9.88. The van der Waals surface area contributed by atoms with Crippen molar-refractivity contribution in [1.82, 2.24) is 0 Å². The van der Waals surface area contributed by atoms with Gasteiger partial charge in [-0.2, -0.15) is 0 Å². The molecule has 0 spiro atoms. The van der Waals surface area contributed by atoms with Gasteiger partial charge in [0.15, 0.2) is 0 Å². The topological polar surface area (TPSA) is 9.23 Å². The summed E-state index contributed by atoms with van der Waals surface area (Å²) in [5, 5.41) is 0. The summed E-state index contributed by atoms with van der Waals surface area (Å²) >= 11 is 0. The predicted molar refractivity (Wildman–Crippen MR) is 66.0 cm³/mol. The number of ether oxygens (including phenoxy) is 1. The Balaban J connectivity index is 0.000000151. The van der Waals surface area contributed by atoms with Crippen molar-refractivity contribution in [3.63, 3.8) is 0 Å². The second-order valence-corrected chi connectivity index (χ2v) is 5.13. The SMILES string of the molecule is C=C1CCCC(C)C1.CC1CCCCO1. The van der Waals surface area contributed by atoms with Crippen LogP contribution in [-0.4, -0.2) is 12.7 Å². The van der Waals surface area contributed by atoms with Gasteiger partial charge in [-0.05, 0) is 51.4 Å². The van der Waals surface area contributed by atoms with Gasteiger partial charge >= 0.3 is 0 Å². The fourth-order valence-electron chi connectivity index (χ4n) is 2.30. The Bertz CT molecular complexity index is 180. The number of hydrogen-bond donors (Lipinski definition) is 0. The first-order chi connectivity index (χ1) is 7.18. The van der Waals surface area contributed by atoms with Crippen LogP contribution in [0.15, 0.2) is 12.2 Å². The van der Waals surface area contributed by atoms with Gasteiger partial charge in [0.05, 0.1) is 6.10 Å². The Labute approximate surface area is 94.9 Å². The first kappa shape index (κ1) is 12.8. The molecule has 0 bridgehead atoms. The lowest BCUT2D eigenvalue weighted by molar-refractivity contribution is 0.0285. The highest BCUT2D eigenvalue weighted by molar-refractivity contribution is 4.98. The molecule has 2 rings (SSSR count). The molecule has 0 radical (unpaired) electrons. The average Bonchev–Trinajstić information content (AvgIpc) is 2.19. The molecular formula is C14H26O. The summed E-state index contributed by atoms with van der Waals surface area (Å²) in [5.74, 6) is 0.913. The summed E-state index contributed by atoms with van der Waals surface area (Å²) in [7, 11) is 0. The Hall–Kier alpha value is -0.300. The molecule has 0 amide bonds. The summed E-state index contributed by atoms with van der Waals surface area (Å²) in [4.78, 5) is 0. The van der Waals surface area contributed by atoms with E-state index >= 15 is 0 Å². The molecule has 2 atom stereocenters. The van der Waals surface area contributed by atoms with Gasteiger partial charge in [-0.25, -0.2) is 0 Å². The quantitative estimate of drug-likeness (QED) is 0.541. The maximum atomic E-state index is 5.28. The van der Waals surface area contributed by atoms with Gasteiger partial charge in [0, 0.05) is 6.61 Å². The van der Waals surface area contributed by atoms with E-state index in [1.54, 1.807) is 0 Å². The summed E-state index contributed by atoms with van der Waals surface area (Å²) in [6.07, 6.45) is 9.78. The summed E-state index contributed by atoms with van der Waals surface area (Å²) in [5.41, 5.74) is 1.46. The van der Waals surface area contributed by atoms with Crippen molar-refractivity contribution in [3.8, 4) is 0 Å². The molecule has 0 aromatic carbocycles. The fourth-order valence-corrected chi connectivity index (χ4v) is 2.30. The number of hydrogen-bond acceptors (Lipinski definition) is 1. The number of allylic oxidation sites excluding steroid dienone is 1. The first-order valence-electron chi connectivity index (χ1n) is 6.46. The third-order valence-electron chi connectivity index (χ3n) is 3.27. The van der Waals surface area contributed by atoms with Gasteiger partial charge in [0.25, 0.3) is 0 Å². The molecule has 1 saturated carbocycles. The van der Waals surface area contributed by atoms with Crippen molar-refractivity contribution >= 4 is 0 Å². The van der Waals surface area contributed by atoms with E-state index in [2.05, 4.69) is 20.4 Å². The van der Waals surface area contributed by atoms with Gasteiger partial charge in [-0.3, -0.25) is 0 Å². The monoisotopic (exact) mass is 210 g/mol. The molecule has 1 saturated heterocycles. The molecule has 2 aliphatic rings. The van der Waals surface area contributed by atoms with Gasteiger partial charge in [-0.15, -0.1) is 0 Å². The van der Waals surface area contributed by atoms with E-state index < -0.39 is 0 Å². The molecule has 88 valence electrons. The van der Waals surface area contributed by atoms with Crippen molar-refractivity contribution in [2.45, 2.75) is 64.9 Å². The summed E-state index contributed by atoms with van der Waals surface area (Å²) in [6.45, 7) is 9.40. The molecule has 2 fully saturated rings. The Kier molecular flexibility index (Phi) is 6.00. The Morgan fingerprint density at radius 1 is 1.13 bits per heavy atom. The molecule has 2 unspecified atom stereocenters. The zero-order valence-electron chi connectivity index (χ0n) is 10.4. The lowest BCUT2D eigenvalue weighted by Gasteiger charge is -2.18. The van der Waals surface area contributed by atoms with Crippen molar-refractivity contribution in [1.29, 1.82) is 0 Å². The van der Waals surface area contributed by atoms with E-state index in [9.17, 15) is 0 Å². The van der Waals surface area contributed by atoms with Crippen LogP contribution < -0.4 is 0 Å². The van der Waals surface area contributed by atoms with E-state index in [1.807, 2.05) is 0 Å². The summed E-state index contributed by atoms with van der Waals surface area (Å²) in [6, 6.07) is 0. The van der Waals surface area contributed by atoms with Gasteiger partial charge in [-0.1, -0.05) is 25.5 Å². The van der Waals surface area contributed by atoms with Crippen LogP contribution in [0.1, 0.15) is 58.8 Å². The van der Waals surface area contributed by atoms with Crippen LogP contribution in [0.25, 0.3) is 0 Å². The molecular weight excluding hydrogens is 184 g/mol. The van der Waals surface area contributed by atoms with Crippen LogP contribution >= 0.6 is 0 Å². The van der Waals surface area contributed by atoms with E-state index in [1.165, 1.54) is 50.5 Å². The zero-order valence-corrected chi connectivity index (χ0v) is 10.4. The maximum Gasteiger partial charge on any atom is 0.0547 e. The minimum absolute atomic E-state index is 0.536. The maximum absolute atomic E-state index is 5.28. The average molecular weight is 210 g/mol. The molecule has 0 N–H and O–H groups in total. The highest BCUT2D eigenvalue weighted by Gasteiger charge is 2.09. The van der Waals surface area contributed by atoms with Crippen LogP contribution in [-0.2, 0) is 4.74 Å². The molecule has 15 heavy (non-hydrogen) atoms. The zero-order chi connectivity index (χ0) is 11.1. The van der Waals surface area contributed by atoms with Crippen LogP contribution in [0.4, 0.5) is 0 Å². The van der Waals surface area contributed by atoms with Gasteiger partial charge in [0.2, 0.25) is 0 Å². The standard InChI is InChI=1S/C8H14.C6H12O/c1-7-4-3-5-8(2)6-7;1-6-4-2-3-5-7-6/h8H,1,3-6H2,2H3;6H,2-5H2,1H3. The van der Waals surface area contributed by atoms with Gasteiger partial charge in [0.1, 0.15) is 0 Å². The molecule has 0 aromatic heterocycles. The largest absolute Gasteiger partial charge is 0.379 e. The highest BCUT2D eigenvalue weighted by atomic mass is 16.5. The van der Waals surface area contributed by atoms with E-state index in [4.69, 9.17) is 4.74 Å². The second kappa shape index (κ2) is 7.05. The molecule has 1 heteroatoms. The van der Waals surface area contributed by atoms with Crippen molar-refractivity contribution in [2.24, 2.45) is 5.92 Å². The molecule has 1 heterocycles. The normalized spacial score (nSPS) is 31.7. The number of rotatable bonds is 0. The van der Waals surface area contributed by atoms with Crippen LogP contribution in [0.3, 0.4) is 0 Å². The molecule has 1 aliphatic carbocycles. The summed E-state index contributed by atoms with van der Waals surface area (Å²) < 4.78 is 5.28. The van der Waals surface area contributed by atoms with Crippen molar-refractivity contribution < 1.29 is 4.74 Å². The highest BCUT2D eigenvalue weighted by Crippen LogP contribution is 2.25. The minimum Gasteiger partial charge on any atom is -0.379 e. The van der Waals surface area contributed by atoms with Crippen molar-refractivity contribution in [3.05, 3.63) is 12.2 Å². The Morgan fingerprint density at radius 2 is 1.93 bits per heavy atom. The third kappa shape index (κ3) is 5.99. The van der Waals surface area contributed by atoms with Crippen LogP contribution in [0, 0.1) is 5.92 Å². The van der Waals surface area contributed by atoms with Crippen LogP contribution in [0.5, 0.6) is 0 Å². The van der Waals surface area contributed by atoms with Crippen molar-refractivity contribution in [2.75, 3.05) is 6.61 Å². The third-order valence-corrected chi connectivity index (χ3v) is 3.27. The first-order valence-corrected chi connectivity index (χ1v) is 6.46. The second-order valence-electron chi connectivity index (χ2n) is 5.13. The minimum atomic E-state index is 0.536. The molecule has 1 nitrogen and oxygen atoms in total. The molecule has 1 aliphatic heterocycles. The fraction of sp³-hybridized carbons (Fsp3) is 0.857. The van der Waals surface area contributed by atoms with E-state index in [-0.39, 0.29) is 0 Å². The van der Waals surface area contributed by atoms with E-state index in [0.29, 0.717) is 6.10 Å². The smallest absolute Gasteiger partial charge is 0.0547 e.